The van der Waals surface area contributed by atoms with Crippen molar-refractivity contribution in [2.45, 2.75) is 18.7 Å². The number of hydrogen-bond donors (Lipinski definition) is 1. The van der Waals surface area contributed by atoms with Crippen LogP contribution in [0.25, 0.3) is 0 Å². The fourth-order valence-electron chi connectivity index (χ4n) is 2.48. The number of carbonyl (C=O) groups is 1. The van der Waals surface area contributed by atoms with Crippen molar-refractivity contribution in [1.82, 2.24) is 14.8 Å². The molecule has 3 heterocycles. The van der Waals surface area contributed by atoms with E-state index in [4.69, 9.17) is 4.74 Å². The highest BCUT2D eigenvalue weighted by atomic mass is 32.2. The van der Waals surface area contributed by atoms with E-state index in [2.05, 4.69) is 15.4 Å². The van der Waals surface area contributed by atoms with Gasteiger partial charge in [0.1, 0.15) is 5.82 Å². The van der Waals surface area contributed by atoms with Crippen molar-refractivity contribution in [3.05, 3.63) is 42.4 Å². The van der Waals surface area contributed by atoms with E-state index >= 15 is 0 Å². The number of nitrogens with zero attached hydrogens (tertiary/aromatic N) is 3. The predicted octanol–water partition coefficient (Wildman–Crippen LogP) is 2.19. The molecule has 2 aromatic rings. The summed E-state index contributed by atoms with van der Waals surface area (Å²) in [6, 6.07) is 5.76. The minimum Gasteiger partial charge on any atom is -0.381 e. The zero-order chi connectivity index (χ0) is 15.9. The van der Waals surface area contributed by atoms with Gasteiger partial charge in [-0.25, -0.2) is 4.68 Å². The van der Waals surface area contributed by atoms with Crippen LogP contribution in [0.15, 0.2) is 36.8 Å². The second kappa shape index (κ2) is 8.12. The Hall–Kier alpha value is -1.86. The molecule has 1 N–H and O–H groups in total. The Bertz CT molecular complexity index is 626. The zero-order valence-corrected chi connectivity index (χ0v) is 13.7. The maximum atomic E-state index is 12.1. The van der Waals surface area contributed by atoms with Gasteiger partial charge in [-0.1, -0.05) is 0 Å². The topological polar surface area (TPSA) is 69.0 Å². The molecule has 0 aliphatic carbocycles. The van der Waals surface area contributed by atoms with E-state index in [9.17, 15) is 4.79 Å². The zero-order valence-electron chi connectivity index (χ0n) is 12.9. The number of amides is 1. The third kappa shape index (κ3) is 4.80. The van der Waals surface area contributed by atoms with Gasteiger partial charge in [-0.3, -0.25) is 9.78 Å². The summed E-state index contributed by atoms with van der Waals surface area (Å²) in [5.41, 5.74) is 1.17. The smallest absolute Gasteiger partial charge is 0.235 e. The van der Waals surface area contributed by atoms with Crippen LogP contribution in [0, 0.1) is 5.92 Å². The van der Waals surface area contributed by atoms with Crippen molar-refractivity contribution in [1.29, 1.82) is 0 Å². The van der Waals surface area contributed by atoms with Crippen molar-refractivity contribution < 1.29 is 9.53 Å². The molecule has 0 spiro atoms. The Balaban J connectivity index is 1.45. The van der Waals surface area contributed by atoms with E-state index in [-0.39, 0.29) is 5.91 Å². The summed E-state index contributed by atoms with van der Waals surface area (Å²) in [5.74, 6) is 2.45. The summed E-state index contributed by atoms with van der Waals surface area (Å²) in [5, 5.41) is 7.23. The van der Waals surface area contributed by atoms with Gasteiger partial charge in [-0.15, -0.1) is 11.8 Å². The first kappa shape index (κ1) is 16.0. The van der Waals surface area contributed by atoms with Gasteiger partial charge < -0.3 is 10.1 Å². The first-order valence-electron chi connectivity index (χ1n) is 7.67. The third-order valence-electron chi connectivity index (χ3n) is 3.69. The molecular formula is C16H20N4O2S. The van der Waals surface area contributed by atoms with Gasteiger partial charge in [0.2, 0.25) is 5.91 Å². The lowest BCUT2D eigenvalue weighted by Crippen LogP contribution is -2.20. The van der Waals surface area contributed by atoms with Crippen LogP contribution in [0.2, 0.25) is 0 Å². The molecule has 1 atom stereocenters. The van der Waals surface area contributed by atoms with Gasteiger partial charge in [0.25, 0.3) is 0 Å². The molecule has 1 aliphatic heterocycles. The minimum absolute atomic E-state index is 0.00604. The van der Waals surface area contributed by atoms with Crippen molar-refractivity contribution in [2.75, 3.05) is 24.3 Å². The number of ether oxygens (including phenoxy) is 1. The van der Waals surface area contributed by atoms with Crippen LogP contribution in [0.4, 0.5) is 5.82 Å². The molecule has 0 aromatic carbocycles. The lowest BCUT2D eigenvalue weighted by molar-refractivity contribution is -0.113. The van der Waals surface area contributed by atoms with Crippen LogP contribution in [-0.2, 0) is 21.8 Å². The second-order valence-corrected chi connectivity index (χ2v) is 6.51. The van der Waals surface area contributed by atoms with Gasteiger partial charge in [-0.05, 0) is 24.1 Å². The number of pyridine rings is 1. The Morgan fingerprint density at radius 1 is 1.35 bits per heavy atom. The van der Waals surface area contributed by atoms with Crippen LogP contribution < -0.4 is 5.32 Å². The summed E-state index contributed by atoms with van der Waals surface area (Å²) < 4.78 is 7.24. The lowest BCUT2D eigenvalue weighted by atomic mass is 10.1. The summed E-state index contributed by atoms with van der Waals surface area (Å²) >= 11 is 1.59. The van der Waals surface area contributed by atoms with E-state index in [0.717, 1.165) is 37.8 Å². The minimum atomic E-state index is -0.00604. The number of anilines is 1. The molecule has 0 radical (unpaired) electrons. The van der Waals surface area contributed by atoms with Crippen LogP contribution in [0.1, 0.15) is 12.0 Å². The van der Waals surface area contributed by atoms with Gasteiger partial charge in [0, 0.05) is 43.3 Å². The van der Waals surface area contributed by atoms with Crippen LogP contribution in [-0.4, -0.2) is 39.6 Å². The van der Waals surface area contributed by atoms with E-state index in [0.29, 0.717) is 11.7 Å². The second-order valence-electron chi connectivity index (χ2n) is 5.52. The fraction of sp³-hybridized carbons (Fsp3) is 0.438. The van der Waals surface area contributed by atoms with Crippen LogP contribution in [0.5, 0.6) is 0 Å². The molecule has 6 nitrogen and oxygen atoms in total. The van der Waals surface area contributed by atoms with Crippen LogP contribution in [0.3, 0.4) is 0 Å². The molecule has 1 aliphatic rings. The predicted molar refractivity (Wildman–Crippen MR) is 90.2 cm³/mol. The molecule has 1 fully saturated rings. The monoisotopic (exact) mass is 332 g/mol. The Kier molecular flexibility index (Phi) is 5.65. The third-order valence-corrected chi connectivity index (χ3v) is 4.69. The molecule has 1 amide bonds. The molecule has 1 saturated heterocycles. The molecular weight excluding hydrogens is 312 g/mol. The van der Waals surface area contributed by atoms with Crippen molar-refractivity contribution in [3.8, 4) is 0 Å². The highest BCUT2D eigenvalue weighted by Gasteiger charge is 2.18. The molecule has 122 valence electrons. The van der Waals surface area contributed by atoms with Gasteiger partial charge in [-0.2, -0.15) is 5.10 Å². The normalized spacial score (nSPS) is 17.3. The number of nitrogens with one attached hydrogen (secondary N) is 1. The quantitative estimate of drug-likeness (QED) is 0.842. The highest BCUT2D eigenvalue weighted by Crippen LogP contribution is 2.18. The summed E-state index contributed by atoms with van der Waals surface area (Å²) in [6.07, 6.45) is 6.30. The number of carbonyl (C=O) groups excluding carboxylic acids is 1. The standard InChI is InChI=1S/C16H20N4O2S/c21-16(12-23-11-13-1-5-17-6-2-13)19-15-3-7-18-20(15)9-14-4-8-22-10-14/h1-3,5-7,14H,4,8-12H2,(H,19,21)/t14-/m1/s1. The number of aromatic nitrogens is 3. The van der Waals surface area contributed by atoms with Crippen molar-refractivity contribution >= 4 is 23.5 Å². The highest BCUT2D eigenvalue weighted by molar-refractivity contribution is 7.99. The van der Waals surface area contributed by atoms with E-state index in [1.165, 1.54) is 5.56 Å². The van der Waals surface area contributed by atoms with Gasteiger partial charge in [0.15, 0.2) is 0 Å². The average molecular weight is 332 g/mol. The molecule has 23 heavy (non-hydrogen) atoms. The largest absolute Gasteiger partial charge is 0.381 e. The molecule has 2 aromatic heterocycles. The Labute approximate surface area is 139 Å². The Morgan fingerprint density at radius 3 is 3.00 bits per heavy atom. The number of rotatable bonds is 7. The van der Waals surface area contributed by atoms with E-state index in [1.54, 1.807) is 30.4 Å². The van der Waals surface area contributed by atoms with Crippen LogP contribution >= 0.6 is 11.8 Å². The molecule has 7 heteroatoms. The summed E-state index contributed by atoms with van der Waals surface area (Å²) in [4.78, 5) is 16.1. The fourth-order valence-corrected chi connectivity index (χ4v) is 3.26. The molecule has 0 bridgehead atoms. The lowest BCUT2D eigenvalue weighted by Gasteiger charge is -2.12. The maximum absolute atomic E-state index is 12.1. The van der Waals surface area contributed by atoms with E-state index < -0.39 is 0 Å². The number of thioether (sulfide) groups is 1. The van der Waals surface area contributed by atoms with Crippen molar-refractivity contribution in [2.24, 2.45) is 5.92 Å². The maximum Gasteiger partial charge on any atom is 0.235 e. The van der Waals surface area contributed by atoms with Gasteiger partial charge >= 0.3 is 0 Å². The van der Waals surface area contributed by atoms with Gasteiger partial charge in [0.05, 0.1) is 18.6 Å². The summed E-state index contributed by atoms with van der Waals surface area (Å²) in [6.45, 7) is 2.38. The number of hydrogen-bond acceptors (Lipinski definition) is 5. The Morgan fingerprint density at radius 2 is 2.22 bits per heavy atom. The molecule has 3 rings (SSSR count). The SMILES string of the molecule is O=C(CSCc1ccncc1)Nc1ccnn1C[C@H]1CCOC1. The first-order valence-corrected chi connectivity index (χ1v) is 8.83. The molecule has 0 unspecified atom stereocenters. The van der Waals surface area contributed by atoms with E-state index in [1.807, 2.05) is 22.9 Å². The average Bonchev–Trinajstić information content (AvgIpc) is 3.22. The first-order chi connectivity index (χ1) is 11.3. The van der Waals surface area contributed by atoms with Crippen molar-refractivity contribution in [3.63, 3.8) is 0 Å². The molecule has 0 saturated carbocycles. The summed E-state index contributed by atoms with van der Waals surface area (Å²) in [7, 11) is 0.